The molecule has 1 aliphatic rings. The topological polar surface area (TPSA) is 88.0 Å². The second-order valence-corrected chi connectivity index (χ2v) is 3.55. The lowest BCUT2D eigenvalue weighted by Crippen LogP contribution is -2.53. The van der Waals surface area contributed by atoms with E-state index in [2.05, 4.69) is 5.32 Å². The molecule has 1 aliphatic heterocycles. The summed E-state index contributed by atoms with van der Waals surface area (Å²) in [5.41, 5.74) is 0. The Labute approximate surface area is 88.2 Å². The van der Waals surface area contributed by atoms with E-state index in [9.17, 15) is 15.0 Å². The van der Waals surface area contributed by atoms with Crippen LogP contribution in [0.1, 0.15) is 13.3 Å². The van der Waals surface area contributed by atoms with Gasteiger partial charge in [0.25, 0.3) is 0 Å². The van der Waals surface area contributed by atoms with Crippen LogP contribution in [0.3, 0.4) is 0 Å². The summed E-state index contributed by atoms with van der Waals surface area (Å²) in [5.74, 6) is -0.438. The average molecular weight is 219 g/mol. The highest BCUT2D eigenvalue weighted by Gasteiger charge is 2.36. The zero-order chi connectivity index (χ0) is 11.4. The molecule has 0 spiro atoms. The molecule has 15 heavy (non-hydrogen) atoms. The second-order valence-electron chi connectivity index (χ2n) is 3.55. The van der Waals surface area contributed by atoms with Crippen LogP contribution in [-0.2, 0) is 14.3 Å². The van der Waals surface area contributed by atoms with Crippen LogP contribution < -0.4 is 5.32 Å². The van der Waals surface area contributed by atoms with E-state index in [0.717, 1.165) is 0 Å². The Morgan fingerprint density at radius 3 is 2.80 bits per heavy atom. The lowest BCUT2D eigenvalue weighted by Gasteiger charge is -2.36. The lowest BCUT2D eigenvalue weighted by atomic mass is 10.0. The Morgan fingerprint density at radius 1 is 1.60 bits per heavy atom. The molecule has 0 aliphatic carbocycles. The first-order chi connectivity index (χ1) is 7.04. The largest absolute Gasteiger partial charge is 0.463 e. The van der Waals surface area contributed by atoms with Gasteiger partial charge in [-0.05, 0) is 7.05 Å². The van der Waals surface area contributed by atoms with Crippen molar-refractivity contribution in [3.8, 4) is 0 Å². The summed E-state index contributed by atoms with van der Waals surface area (Å²) in [4.78, 5) is 10.6. The van der Waals surface area contributed by atoms with Crippen molar-refractivity contribution in [2.75, 3.05) is 13.7 Å². The molecule has 1 rings (SSSR count). The van der Waals surface area contributed by atoms with Crippen LogP contribution in [0.15, 0.2) is 0 Å². The Kier molecular flexibility index (Phi) is 4.46. The molecule has 6 nitrogen and oxygen atoms in total. The monoisotopic (exact) mass is 219 g/mol. The number of esters is 1. The minimum absolute atomic E-state index is 0.0499. The predicted molar refractivity (Wildman–Crippen MR) is 51.0 cm³/mol. The van der Waals surface area contributed by atoms with E-state index < -0.39 is 24.3 Å². The molecule has 0 aromatic heterocycles. The number of hydrogen-bond donors (Lipinski definition) is 3. The summed E-state index contributed by atoms with van der Waals surface area (Å²) in [6, 6.07) is 0. The van der Waals surface area contributed by atoms with Crippen LogP contribution in [0.4, 0.5) is 0 Å². The fraction of sp³-hybridized carbons (Fsp3) is 0.889. The van der Waals surface area contributed by atoms with E-state index in [1.807, 2.05) is 0 Å². The highest BCUT2D eigenvalue weighted by molar-refractivity contribution is 5.65. The highest BCUT2D eigenvalue weighted by Crippen LogP contribution is 2.19. The maximum absolute atomic E-state index is 10.6. The lowest BCUT2D eigenvalue weighted by molar-refractivity contribution is -0.193. The van der Waals surface area contributed by atoms with Gasteiger partial charge >= 0.3 is 5.97 Å². The predicted octanol–water partition coefficient (Wildman–Crippen LogP) is -1.39. The average Bonchev–Trinajstić information content (AvgIpc) is 2.19. The summed E-state index contributed by atoms with van der Waals surface area (Å²) < 4.78 is 10.1. The van der Waals surface area contributed by atoms with E-state index in [1.165, 1.54) is 6.92 Å². The molecule has 4 atom stereocenters. The summed E-state index contributed by atoms with van der Waals surface area (Å²) in [5, 5.41) is 21.9. The maximum Gasteiger partial charge on any atom is 0.302 e. The standard InChI is InChI=1S/C9H17NO5/c1-5(11)14-4-7-9(13)6(12)3-8(10-2)15-7/h6-10,12-13H,3-4H2,1-2H3. The van der Waals surface area contributed by atoms with Crippen LogP contribution in [-0.4, -0.2) is 54.4 Å². The third-order valence-electron chi connectivity index (χ3n) is 2.34. The molecular weight excluding hydrogens is 202 g/mol. The third-order valence-corrected chi connectivity index (χ3v) is 2.34. The van der Waals surface area contributed by atoms with Crippen molar-refractivity contribution in [3.63, 3.8) is 0 Å². The molecule has 0 radical (unpaired) electrons. The van der Waals surface area contributed by atoms with E-state index in [-0.39, 0.29) is 12.8 Å². The van der Waals surface area contributed by atoms with Crippen molar-refractivity contribution in [3.05, 3.63) is 0 Å². The van der Waals surface area contributed by atoms with Crippen LogP contribution >= 0.6 is 0 Å². The van der Waals surface area contributed by atoms with Crippen LogP contribution in [0.25, 0.3) is 0 Å². The highest BCUT2D eigenvalue weighted by atomic mass is 16.6. The molecule has 3 N–H and O–H groups in total. The van der Waals surface area contributed by atoms with Gasteiger partial charge in [0.2, 0.25) is 0 Å². The van der Waals surface area contributed by atoms with E-state index in [0.29, 0.717) is 6.42 Å². The fourth-order valence-electron chi connectivity index (χ4n) is 1.48. The van der Waals surface area contributed by atoms with Gasteiger partial charge in [0, 0.05) is 13.3 Å². The zero-order valence-corrected chi connectivity index (χ0v) is 8.84. The maximum atomic E-state index is 10.6. The Hall–Kier alpha value is -0.690. The summed E-state index contributed by atoms with van der Waals surface area (Å²) in [6.45, 7) is 1.23. The molecule has 6 heteroatoms. The zero-order valence-electron chi connectivity index (χ0n) is 8.84. The molecule has 1 heterocycles. The minimum atomic E-state index is -1.02. The van der Waals surface area contributed by atoms with Gasteiger partial charge in [0.15, 0.2) is 0 Å². The van der Waals surface area contributed by atoms with Gasteiger partial charge in [0.1, 0.15) is 25.0 Å². The van der Waals surface area contributed by atoms with Crippen LogP contribution in [0.5, 0.6) is 0 Å². The van der Waals surface area contributed by atoms with Gasteiger partial charge in [-0.25, -0.2) is 0 Å². The van der Waals surface area contributed by atoms with E-state index in [1.54, 1.807) is 7.05 Å². The number of ether oxygens (including phenoxy) is 2. The van der Waals surface area contributed by atoms with E-state index >= 15 is 0 Å². The summed E-state index contributed by atoms with van der Waals surface area (Å²) in [7, 11) is 1.69. The number of carbonyl (C=O) groups excluding carboxylic acids is 1. The Bertz CT molecular complexity index is 223. The van der Waals surface area contributed by atoms with Crippen molar-refractivity contribution in [2.24, 2.45) is 0 Å². The number of hydrogen-bond acceptors (Lipinski definition) is 6. The van der Waals surface area contributed by atoms with Crippen molar-refractivity contribution in [1.29, 1.82) is 0 Å². The summed E-state index contributed by atoms with van der Waals surface area (Å²) >= 11 is 0. The molecule has 1 fully saturated rings. The van der Waals surface area contributed by atoms with Crippen molar-refractivity contribution >= 4 is 5.97 Å². The Morgan fingerprint density at radius 2 is 2.27 bits per heavy atom. The molecule has 0 aromatic carbocycles. The van der Waals surface area contributed by atoms with E-state index in [4.69, 9.17) is 9.47 Å². The smallest absolute Gasteiger partial charge is 0.302 e. The molecule has 0 amide bonds. The van der Waals surface area contributed by atoms with Crippen LogP contribution in [0.2, 0.25) is 0 Å². The van der Waals surface area contributed by atoms with Gasteiger partial charge in [-0.1, -0.05) is 0 Å². The molecule has 88 valence electrons. The Balaban J connectivity index is 2.48. The number of aliphatic hydroxyl groups excluding tert-OH is 2. The number of rotatable bonds is 3. The minimum Gasteiger partial charge on any atom is -0.463 e. The van der Waals surface area contributed by atoms with Gasteiger partial charge < -0.3 is 19.7 Å². The number of aliphatic hydroxyl groups is 2. The van der Waals surface area contributed by atoms with Crippen molar-refractivity contribution in [1.82, 2.24) is 5.32 Å². The molecular formula is C9H17NO5. The second kappa shape index (κ2) is 5.41. The summed E-state index contributed by atoms with van der Waals surface area (Å²) in [6.07, 6.45) is -2.58. The van der Waals surface area contributed by atoms with Crippen molar-refractivity contribution in [2.45, 2.75) is 37.9 Å². The molecule has 0 saturated carbocycles. The normalized spacial score (nSPS) is 36.3. The first kappa shape index (κ1) is 12.4. The molecule has 0 aromatic rings. The fourth-order valence-corrected chi connectivity index (χ4v) is 1.48. The molecule has 1 saturated heterocycles. The quantitative estimate of drug-likeness (QED) is 0.506. The van der Waals surface area contributed by atoms with Gasteiger partial charge in [0.05, 0.1) is 6.10 Å². The third kappa shape index (κ3) is 3.42. The first-order valence-electron chi connectivity index (χ1n) is 4.86. The molecule has 4 unspecified atom stereocenters. The van der Waals surface area contributed by atoms with Gasteiger partial charge in [-0.15, -0.1) is 0 Å². The SMILES string of the molecule is CNC1CC(O)C(O)C(COC(C)=O)O1. The number of carbonyl (C=O) groups is 1. The van der Waals surface area contributed by atoms with Crippen LogP contribution in [0, 0.1) is 0 Å². The van der Waals surface area contributed by atoms with Crippen molar-refractivity contribution < 1.29 is 24.5 Å². The van der Waals surface area contributed by atoms with Gasteiger partial charge in [-0.3, -0.25) is 10.1 Å². The molecule has 0 bridgehead atoms. The number of nitrogens with one attached hydrogen (secondary N) is 1. The van der Waals surface area contributed by atoms with Gasteiger partial charge in [-0.2, -0.15) is 0 Å². The first-order valence-corrected chi connectivity index (χ1v) is 4.86.